The van der Waals surface area contributed by atoms with Crippen molar-refractivity contribution in [3.05, 3.63) is 84.8 Å². The van der Waals surface area contributed by atoms with Gasteiger partial charge in [-0.1, -0.05) is 30.3 Å². The van der Waals surface area contributed by atoms with Crippen LogP contribution in [0.4, 0.5) is 5.69 Å². The van der Waals surface area contributed by atoms with E-state index in [1.807, 2.05) is 30.3 Å². The van der Waals surface area contributed by atoms with Gasteiger partial charge in [-0.05, 0) is 54.4 Å². The fourth-order valence-corrected chi connectivity index (χ4v) is 3.39. The molecule has 145 valence electrons. The zero-order valence-electron chi connectivity index (χ0n) is 15.4. The number of hydrogen-bond acceptors (Lipinski definition) is 5. The quantitative estimate of drug-likeness (QED) is 0.630. The van der Waals surface area contributed by atoms with Crippen LogP contribution in [-0.4, -0.2) is 15.5 Å². The van der Waals surface area contributed by atoms with Crippen molar-refractivity contribution in [2.24, 2.45) is 5.14 Å². The summed E-state index contributed by atoms with van der Waals surface area (Å²) in [5, 5.41) is 8.63. The van der Waals surface area contributed by atoms with Gasteiger partial charge in [0.05, 0.1) is 12.8 Å². The summed E-state index contributed by atoms with van der Waals surface area (Å²) in [7, 11) is -2.46. The van der Waals surface area contributed by atoms with Gasteiger partial charge in [-0.2, -0.15) is 0 Å². The minimum Gasteiger partial charge on any atom is -0.497 e. The molecule has 0 fully saturated rings. The SMILES string of the molecule is [CH2]c1cc(NCc2ccccc2)c(Oc2ccc(OC)cc2)c(S(N)(=O)=O)c1. The number of benzene rings is 3. The number of nitrogens with two attached hydrogens (primary N) is 1. The molecular formula is C21H21N2O4S. The van der Waals surface area contributed by atoms with E-state index >= 15 is 0 Å². The molecule has 0 atom stereocenters. The van der Waals surface area contributed by atoms with Crippen LogP contribution in [0.15, 0.2) is 71.6 Å². The highest BCUT2D eigenvalue weighted by Crippen LogP contribution is 2.37. The Morgan fingerprint density at radius 2 is 1.64 bits per heavy atom. The van der Waals surface area contributed by atoms with Crippen LogP contribution in [0.5, 0.6) is 17.2 Å². The zero-order chi connectivity index (χ0) is 20.1. The average Bonchev–Trinajstić information content (AvgIpc) is 2.68. The van der Waals surface area contributed by atoms with Gasteiger partial charge in [0.2, 0.25) is 10.0 Å². The molecule has 0 saturated carbocycles. The van der Waals surface area contributed by atoms with E-state index in [1.54, 1.807) is 37.4 Å². The average molecular weight is 397 g/mol. The summed E-state index contributed by atoms with van der Waals surface area (Å²) in [6.07, 6.45) is 0. The highest BCUT2D eigenvalue weighted by molar-refractivity contribution is 7.89. The van der Waals surface area contributed by atoms with E-state index in [0.717, 1.165) is 5.56 Å². The molecule has 0 spiro atoms. The lowest BCUT2D eigenvalue weighted by molar-refractivity contribution is 0.412. The van der Waals surface area contributed by atoms with Gasteiger partial charge in [0.25, 0.3) is 0 Å². The summed E-state index contributed by atoms with van der Waals surface area (Å²) in [5.74, 6) is 1.23. The number of hydrogen-bond donors (Lipinski definition) is 2. The van der Waals surface area contributed by atoms with E-state index in [9.17, 15) is 8.42 Å². The third kappa shape index (κ3) is 4.82. The molecule has 0 unspecified atom stereocenters. The van der Waals surface area contributed by atoms with Gasteiger partial charge < -0.3 is 14.8 Å². The van der Waals surface area contributed by atoms with Crippen molar-refractivity contribution in [3.8, 4) is 17.2 Å². The fraction of sp³-hybridized carbons (Fsp3) is 0.0952. The first-order chi connectivity index (χ1) is 13.4. The van der Waals surface area contributed by atoms with Gasteiger partial charge in [0.1, 0.15) is 16.4 Å². The second kappa shape index (κ2) is 8.33. The number of methoxy groups -OCH3 is 1. The van der Waals surface area contributed by atoms with E-state index in [-0.39, 0.29) is 10.6 Å². The van der Waals surface area contributed by atoms with Crippen molar-refractivity contribution in [1.29, 1.82) is 0 Å². The van der Waals surface area contributed by atoms with Crippen LogP contribution in [0.2, 0.25) is 0 Å². The second-order valence-electron chi connectivity index (χ2n) is 6.13. The normalized spacial score (nSPS) is 11.1. The maximum Gasteiger partial charge on any atom is 0.241 e. The Labute approximate surface area is 165 Å². The van der Waals surface area contributed by atoms with Crippen molar-refractivity contribution in [1.82, 2.24) is 0 Å². The molecule has 0 aromatic heterocycles. The fourth-order valence-electron chi connectivity index (χ4n) is 2.66. The summed E-state index contributed by atoms with van der Waals surface area (Å²) in [4.78, 5) is -0.133. The Morgan fingerprint density at radius 3 is 2.25 bits per heavy atom. The number of primary sulfonamides is 1. The van der Waals surface area contributed by atoms with Crippen LogP contribution in [0.1, 0.15) is 11.1 Å². The Hall–Kier alpha value is -3.03. The van der Waals surface area contributed by atoms with Crippen molar-refractivity contribution < 1.29 is 17.9 Å². The molecule has 0 aliphatic carbocycles. The van der Waals surface area contributed by atoms with Crippen LogP contribution in [0.25, 0.3) is 0 Å². The van der Waals surface area contributed by atoms with Crippen LogP contribution in [-0.2, 0) is 16.6 Å². The van der Waals surface area contributed by atoms with Gasteiger partial charge in [-0.15, -0.1) is 0 Å². The first-order valence-electron chi connectivity index (χ1n) is 8.49. The molecule has 0 aliphatic rings. The maximum absolute atomic E-state index is 12.1. The molecule has 3 aromatic rings. The zero-order valence-corrected chi connectivity index (χ0v) is 16.2. The van der Waals surface area contributed by atoms with E-state index in [4.69, 9.17) is 14.6 Å². The molecule has 0 amide bonds. The van der Waals surface area contributed by atoms with Gasteiger partial charge in [-0.25, -0.2) is 13.6 Å². The number of nitrogens with one attached hydrogen (secondary N) is 1. The molecule has 0 aliphatic heterocycles. The number of ether oxygens (including phenoxy) is 2. The molecule has 0 heterocycles. The van der Waals surface area contributed by atoms with Crippen molar-refractivity contribution in [3.63, 3.8) is 0 Å². The van der Waals surface area contributed by atoms with Gasteiger partial charge in [-0.3, -0.25) is 0 Å². The maximum atomic E-state index is 12.1. The van der Waals surface area contributed by atoms with E-state index in [2.05, 4.69) is 12.2 Å². The molecule has 0 saturated heterocycles. The van der Waals surface area contributed by atoms with Crippen LogP contribution < -0.4 is 19.9 Å². The first-order valence-corrected chi connectivity index (χ1v) is 10.0. The Kier molecular flexibility index (Phi) is 5.87. The Morgan fingerprint density at radius 1 is 1.00 bits per heavy atom. The van der Waals surface area contributed by atoms with Crippen LogP contribution >= 0.6 is 0 Å². The standard InChI is InChI=1S/C21H21N2O4S/c1-15-12-19(23-14-16-6-4-3-5-7-16)21(20(13-15)28(22,24)25)27-18-10-8-17(26-2)9-11-18/h3-13,23H,1,14H2,2H3,(H2,22,24,25). The molecule has 0 bridgehead atoms. The van der Waals surface area contributed by atoms with Crippen molar-refractivity contribution in [2.75, 3.05) is 12.4 Å². The third-order valence-electron chi connectivity index (χ3n) is 4.03. The molecule has 6 nitrogen and oxygen atoms in total. The molecule has 7 heteroatoms. The molecule has 3 aromatic carbocycles. The highest BCUT2D eigenvalue weighted by Gasteiger charge is 2.21. The summed E-state index contributed by atoms with van der Waals surface area (Å²) in [6.45, 7) is 4.33. The summed E-state index contributed by atoms with van der Waals surface area (Å²) >= 11 is 0. The summed E-state index contributed by atoms with van der Waals surface area (Å²) < 4.78 is 35.3. The first kappa shape index (κ1) is 19.7. The van der Waals surface area contributed by atoms with Crippen LogP contribution in [0.3, 0.4) is 0 Å². The van der Waals surface area contributed by atoms with Crippen molar-refractivity contribution >= 4 is 15.7 Å². The topological polar surface area (TPSA) is 90.7 Å². The van der Waals surface area contributed by atoms with E-state index in [0.29, 0.717) is 29.3 Å². The third-order valence-corrected chi connectivity index (χ3v) is 4.94. The number of anilines is 1. The van der Waals surface area contributed by atoms with Gasteiger partial charge in [0.15, 0.2) is 5.75 Å². The van der Waals surface area contributed by atoms with Crippen molar-refractivity contribution in [2.45, 2.75) is 11.4 Å². The lowest BCUT2D eigenvalue weighted by Crippen LogP contribution is -2.15. The van der Waals surface area contributed by atoms with E-state index in [1.165, 1.54) is 6.07 Å². The minimum atomic E-state index is -4.02. The Balaban J connectivity index is 2.00. The molecule has 3 N–H and O–H groups in total. The number of sulfonamides is 1. The van der Waals surface area contributed by atoms with E-state index < -0.39 is 10.0 Å². The second-order valence-corrected chi connectivity index (χ2v) is 7.66. The predicted octanol–water partition coefficient (Wildman–Crippen LogP) is 3.93. The lowest BCUT2D eigenvalue weighted by atomic mass is 10.2. The van der Waals surface area contributed by atoms with Crippen LogP contribution in [0, 0.1) is 6.92 Å². The summed E-state index contributed by atoms with van der Waals surface area (Å²) in [5.41, 5.74) is 2.02. The largest absolute Gasteiger partial charge is 0.497 e. The molecule has 28 heavy (non-hydrogen) atoms. The minimum absolute atomic E-state index is 0.121. The highest BCUT2D eigenvalue weighted by atomic mass is 32.2. The smallest absolute Gasteiger partial charge is 0.241 e. The predicted molar refractivity (Wildman–Crippen MR) is 109 cm³/mol. The molecular weight excluding hydrogens is 376 g/mol. The summed E-state index contributed by atoms with van der Waals surface area (Å²) in [6, 6.07) is 19.6. The van der Waals surface area contributed by atoms with Gasteiger partial charge in [0, 0.05) is 6.54 Å². The van der Waals surface area contributed by atoms with Gasteiger partial charge >= 0.3 is 0 Å². The molecule has 1 radical (unpaired) electrons. The lowest BCUT2D eigenvalue weighted by Gasteiger charge is -2.17. The monoisotopic (exact) mass is 397 g/mol. The number of rotatable bonds is 7. The Bertz CT molecular complexity index is 1050. The molecule has 3 rings (SSSR count).